The maximum absolute atomic E-state index is 11.8. The minimum absolute atomic E-state index is 0.0692. The van der Waals surface area contributed by atoms with Gasteiger partial charge in [-0.1, -0.05) is 36.4 Å². The van der Waals surface area contributed by atoms with Crippen LogP contribution in [0.1, 0.15) is 24.9 Å². The summed E-state index contributed by atoms with van der Waals surface area (Å²) in [5.41, 5.74) is 6.67. The van der Waals surface area contributed by atoms with Crippen molar-refractivity contribution in [1.82, 2.24) is 5.32 Å². The van der Waals surface area contributed by atoms with Gasteiger partial charge in [-0.3, -0.25) is 4.79 Å². The molecule has 0 radical (unpaired) electrons. The molecule has 2 atom stereocenters. The summed E-state index contributed by atoms with van der Waals surface area (Å²) in [6.07, 6.45) is 2.52. The minimum Gasteiger partial charge on any atom is -0.352 e. The molecule has 0 aromatic heterocycles. The Labute approximate surface area is 96.3 Å². The van der Waals surface area contributed by atoms with Crippen LogP contribution in [-0.4, -0.2) is 11.9 Å². The second-order valence-corrected chi connectivity index (χ2v) is 3.82. The van der Waals surface area contributed by atoms with Gasteiger partial charge in [-0.15, -0.1) is 6.58 Å². The molecule has 0 heterocycles. The topological polar surface area (TPSA) is 55.1 Å². The first-order valence-electron chi connectivity index (χ1n) is 5.37. The number of rotatable bonds is 5. The van der Waals surface area contributed by atoms with Crippen LogP contribution in [0.5, 0.6) is 0 Å². The minimum atomic E-state index is -0.603. The first-order chi connectivity index (χ1) is 7.65. The zero-order chi connectivity index (χ0) is 12.0. The summed E-state index contributed by atoms with van der Waals surface area (Å²) in [5, 5.41) is 2.84. The first-order valence-corrected chi connectivity index (χ1v) is 5.37. The molecule has 0 bridgehead atoms. The normalized spacial score (nSPS) is 13.9. The average molecular weight is 218 g/mol. The third-order valence-electron chi connectivity index (χ3n) is 2.35. The summed E-state index contributed by atoms with van der Waals surface area (Å²) in [4.78, 5) is 11.8. The Morgan fingerprint density at radius 2 is 2.12 bits per heavy atom. The summed E-state index contributed by atoms with van der Waals surface area (Å²) >= 11 is 0. The van der Waals surface area contributed by atoms with E-state index in [0.717, 1.165) is 12.0 Å². The molecule has 0 aliphatic heterocycles. The van der Waals surface area contributed by atoms with Gasteiger partial charge < -0.3 is 11.1 Å². The number of nitrogens with one attached hydrogen (secondary N) is 1. The van der Waals surface area contributed by atoms with Crippen molar-refractivity contribution in [1.29, 1.82) is 0 Å². The first kappa shape index (κ1) is 12.5. The van der Waals surface area contributed by atoms with Gasteiger partial charge in [0, 0.05) is 6.04 Å². The molecular weight excluding hydrogens is 200 g/mol. The molecule has 0 spiro atoms. The van der Waals surface area contributed by atoms with Gasteiger partial charge in [0.05, 0.1) is 0 Å². The molecule has 0 saturated carbocycles. The quantitative estimate of drug-likeness (QED) is 0.740. The van der Waals surface area contributed by atoms with Crippen LogP contribution in [0.25, 0.3) is 0 Å². The molecule has 1 rings (SSSR count). The van der Waals surface area contributed by atoms with Crippen LogP contribution in [0.4, 0.5) is 0 Å². The van der Waals surface area contributed by atoms with Gasteiger partial charge in [0.2, 0.25) is 5.91 Å². The molecule has 2 unspecified atom stereocenters. The molecule has 86 valence electrons. The average Bonchev–Trinajstić information content (AvgIpc) is 2.29. The van der Waals surface area contributed by atoms with Crippen molar-refractivity contribution in [3.05, 3.63) is 48.6 Å². The van der Waals surface area contributed by atoms with E-state index < -0.39 is 6.04 Å². The lowest BCUT2D eigenvalue weighted by Crippen LogP contribution is -2.39. The Kier molecular flexibility index (Phi) is 4.73. The molecule has 1 aromatic carbocycles. The Morgan fingerprint density at radius 3 is 2.69 bits per heavy atom. The summed E-state index contributed by atoms with van der Waals surface area (Å²) in [5.74, 6) is -0.152. The summed E-state index contributed by atoms with van der Waals surface area (Å²) in [6.45, 7) is 5.56. The van der Waals surface area contributed by atoms with Crippen LogP contribution in [-0.2, 0) is 4.79 Å². The van der Waals surface area contributed by atoms with E-state index in [1.807, 2.05) is 37.3 Å². The third kappa shape index (κ3) is 3.51. The van der Waals surface area contributed by atoms with Gasteiger partial charge in [-0.05, 0) is 18.9 Å². The lowest BCUT2D eigenvalue weighted by Gasteiger charge is -2.16. The highest BCUT2D eigenvalue weighted by molar-refractivity contribution is 5.83. The molecule has 16 heavy (non-hydrogen) atoms. The molecule has 0 aliphatic rings. The van der Waals surface area contributed by atoms with Gasteiger partial charge >= 0.3 is 0 Å². The van der Waals surface area contributed by atoms with Gasteiger partial charge in [0.1, 0.15) is 6.04 Å². The van der Waals surface area contributed by atoms with E-state index in [9.17, 15) is 4.79 Å². The predicted molar refractivity (Wildman–Crippen MR) is 65.8 cm³/mol. The molecule has 0 aliphatic carbocycles. The third-order valence-corrected chi connectivity index (χ3v) is 2.35. The highest BCUT2D eigenvalue weighted by atomic mass is 16.2. The largest absolute Gasteiger partial charge is 0.352 e. The van der Waals surface area contributed by atoms with Crippen LogP contribution in [0.15, 0.2) is 43.0 Å². The summed E-state index contributed by atoms with van der Waals surface area (Å²) in [7, 11) is 0. The van der Waals surface area contributed by atoms with Crippen LogP contribution in [0.3, 0.4) is 0 Å². The van der Waals surface area contributed by atoms with Crippen molar-refractivity contribution in [2.24, 2.45) is 5.73 Å². The molecule has 1 amide bonds. The molecule has 3 N–H and O–H groups in total. The van der Waals surface area contributed by atoms with Crippen LogP contribution in [0.2, 0.25) is 0 Å². The molecule has 0 saturated heterocycles. The van der Waals surface area contributed by atoms with Crippen molar-refractivity contribution >= 4 is 5.91 Å². The number of hydrogen-bond acceptors (Lipinski definition) is 2. The zero-order valence-corrected chi connectivity index (χ0v) is 9.52. The molecule has 1 aromatic rings. The smallest absolute Gasteiger partial charge is 0.241 e. The fraction of sp³-hybridized carbons (Fsp3) is 0.308. The maximum Gasteiger partial charge on any atom is 0.241 e. The number of nitrogens with two attached hydrogens (primary N) is 1. The van der Waals surface area contributed by atoms with Crippen LogP contribution in [0, 0.1) is 0 Å². The van der Waals surface area contributed by atoms with Crippen molar-refractivity contribution in [2.75, 3.05) is 0 Å². The van der Waals surface area contributed by atoms with Gasteiger partial charge in [0.15, 0.2) is 0 Å². The monoisotopic (exact) mass is 218 g/mol. The number of hydrogen-bond donors (Lipinski definition) is 2. The molecular formula is C13H18N2O. The lowest BCUT2D eigenvalue weighted by atomic mass is 10.1. The van der Waals surface area contributed by atoms with Crippen molar-refractivity contribution in [2.45, 2.75) is 25.4 Å². The number of benzene rings is 1. The molecule has 3 heteroatoms. The van der Waals surface area contributed by atoms with Crippen LogP contribution >= 0.6 is 0 Å². The molecule has 0 fully saturated rings. The second-order valence-electron chi connectivity index (χ2n) is 3.82. The highest BCUT2D eigenvalue weighted by Gasteiger charge is 2.16. The van der Waals surface area contributed by atoms with Gasteiger partial charge in [0.25, 0.3) is 0 Å². The number of amides is 1. The lowest BCUT2D eigenvalue weighted by molar-refractivity contribution is -0.123. The van der Waals surface area contributed by atoms with E-state index in [0.29, 0.717) is 0 Å². The highest BCUT2D eigenvalue weighted by Crippen LogP contribution is 2.09. The fourth-order valence-electron chi connectivity index (χ4n) is 1.45. The van der Waals surface area contributed by atoms with Gasteiger partial charge in [-0.25, -0.2) is 0 Å². The van der Waals surface area contributed by atoms with E-state index in [4.69, 9.17) is 5.73 Å². The molecule has 3 nitrogen and oxygen atoms in total. The maximum atomic E-state index is 11.8. The van der Waals surface area contributed by atoms with Crippen molar-refractivity contribution < 1.29 is 4.79 Å². The van der Waals surface area contributed by atoms with E-state index in [2.05, 4.69) is 11.9 Å². The number of carbonyl (C=O) groups is 1. The zero-order valence-electron chi connectivity index (χ0n) is 9.52. The van der Waals surface area contributed by atoms with Crippen molar-refractivity contribution in [3.8, 4) is 0 Å². The Balaban J connectivity index is 2.58. The van der Waals surface area contributed by atoms with Gasteiger partial charge in [-0.2, -0.15) is 0 Å². The van der Waals surface area contributed by atoms with E-state index in [1.165, 1.54) is 0 Å². The van der Waals surface area contributed by atoms with E-state index >= 15 is 0 Å². The van der Waals surface area contributed by atoms with E-state index in [-0.39, 0.29) is 11.9 Å². The van der Waals surface area contributed by atoms with E-state index in [1.54, 1.807) is 6.08 Å². The second kappa shape index (κ2) is 6.08. The Bertz CT molecular complexity index is 348. The van der Waals surface area contributed by atoms with Crippen LogP contribution < -0.4 is 11.1 Å². The standard InChI is InChI=1S/C13H18N2O/c1-3-7-10(2)15-13(16)12(14)11-8-5-4-6-9-11/h3-6,8-10,12H,1,7,14H2,2H3,(H,15,16). The Morgan fingerprint density at radius 1 is 1.50 bits per heavy atom. The number of carbonyl (C=O) groups excluding carboxylic acids is 1. The summed E-state index contributed by atoms with van der Waals surface area (Å²) in [6, 6.07) is 8.80. The van der Waals surface area contributed by atoms with Crippen molar-refractivity contribution in [3.63, 3.8) is 0 Å². The Hall–Kier alpha value is -1.61. The predicted octanol–water partition coefficient (Wildman–Crippen LogP) is 1.77. The fourth-order valence-corrected chi connectivity index (χ4v) is 1.45. The SMILES string of the molecule is C=CCC(C)NC(=O)C(N)c1ccccc1. The summed E-state index contributed by atoms with van der Waals surface area (Å²) < 4.78 is 0.